The summed E-state index contributed by atoms with van der Waals surface area (Å²) in [6.45, 7) is 4.30. The molecule has 2 nitrogen and oxygen atoms in total. The topological polar surface area (TPSA) is 29.4 Å². The first kappa shape index (κ1) is 11.0. The fourth-order valence-corrected chi connectivity index (χ4v) is 3.69. The summed E-state index contributed by atoms with van der Waals surface area (Å²) in [6.07, 6.45) is 1.61. The molecule has 88 valence electrons. The van der Waals surface area contributed by atoms with Crippen molar-refractivity contribution >= 4 is 28.9 Å². The minimum Gasteiger partial charge on any atom is -0.298 e. The number of para-hydroxylation sites is 1. The summed E-state index contributed by atoms with van der Waals surface area (Å²) in [7, 11) is 0. The molecule has 2 aliphatic rings. The standard InChI is InChI=1S/C14H15NOS/c1-14(2)7-10-13(11(16)8-14)17-12-6-4-3-5-9(12)15-10/h3-6,13H,7-8H2,1-2H3/t13-/m0/s1. The molecule has 0 radical (unpaired) electrons. The van der Waals surface area contributed by atoms with Gasteiger partial charge in [-0.3, -0.25) is 9.79 Å². The zero-order valence-electron chi connectivity index (χ0n) is 10.1. The number of nitrogens with zero attached hydrogens (tertiary/aromatic N) is 1. The molecule has 0 N–H and O–H groups in total. The van der Waals surface area contributed by atoms with Gasteiger partial charge in [0.05, 0.1) is 5.69 Å². The fraction of sp³-hybridized carbons (Fsp3) is 0.429. The molecular formula is C14H15NOS. The largest absolute Gasteiger partial charge is 0.298 e. The number of benzene rings is 1. The summed E-state index contributed by atoms with van der Waals surface area (Å²) in [6, 6.07) is 8.08. The molecule has 0 amide bonds. The second-order valence-corrected chi connectivity index (χ2v) is 6.70. The lowest BCUT2D eigenvalue weighted by Gasteiger charge is -2.36. The number of thioether (sulfide) groups is 1. The maximum atomic E-state index is 12.2. The van der Waals surface area contributed by atoms with Crippen LogP contribution in [0.15, 0.2) is 34.2 Å². The first-order valence-electron chi connectivity index (χ1n) is 5.91. The van der Waals surface area contributed by atoms with Crippen LogP contribution in [-0.4, -0.2) is 16.7 Å². The summed E-state index contributed by atoms with van der Waals surface area (Å²) in [5.74, 6) is 0.333. The Kier molecular flexibility index (Phi) is 2.40. The van der Waals surface area contributed by atoms with Gasteiger partial charge >= 0.3 is 0 Å². The van der Waals surface area contributed by atoms with Crippen molar-refractivity contribution in [2.45, 2.75) is 36.8 Å². The lowest BCUT2D eigenvalue weighted by atomic mass is 9.75. The van der Waals surface area contributed by atoms with E-state index in [1.54, 1.807) is 11.8 Å². The minimum atomic E-state index is -0.0297. The Morgan fingerprint density at radius 3 is 2.88 bits per heavy atom. The molecule has 1 heterocycles. The second kappa shape index (κ2) is 3.70. The average Bonchev–Trinajstić information content (AvgIpc) is 2.25. The molecule has 1 atom stereocenters. The van der Waals surface area contributed by atoms with E-state index in [1.165, 1.54) is 0 Å². The first-order valence-corrected chi connectivity index (χ1v) is 6.79. The maximum absolute atomic E-state index is 12.2. The summed E-state index contributed by atoms with van der Waals surface area (Å²) < 4.78 is 0. The lowest BCUT2D eigenvalue weighted by molar-refractivity contribution is -0.120. The highest BCUT2D eigenvalue weighted by atomic mass is 32.2. The van der Waals surface area contributed by atoms with Crippen LogP contribution in [0.4, 0.5) is 5.69 Å². The van der Waals surface area contributed by atoms with Crippen LogP contribution in [0.5, 0.6) is 0 Å². The summed E-state index contributed by atoms with van der Waals surface area (Å²) in [5.41, 5.74) is 2.16. The number of carbonyl (C=O) groups is 1. The highest BCUT2D eigenvalue weighted by molar-refractivity contribution is 8.01. The number of rotatable bonds is 0. The molecule has 3 rings (SSSR count). The van der Waals surface area contributed by atoms with Crippen molar-refractivity contribution in [2.24, 2.45) is 10.4 Å². The number of hydrogen-bond donors (Lipinski definition) is 0. The molecule has 0 spiro atoms. The molecule has 3 heteroatoms. The molecule has 1 saturated carbocycles. The van der Waals surface area contributed by atoms with Gasteiger partial charge in [0.1, 0.15) is 5.25 Å². The van der Waals surface area contributed by atoms with E-state index < -0.39 is 0 Å². The van der Waals surface area contributed by atoms with Crippen LogP contribution in [0.25, 0.3) is 0 Å². The molecule has 1 aliphatic carbocycles. The van der Waals surface area contributed by atoms with Crippen molar-refractivity contribution in [3.63, 3.8) is 0 Å². The van der Waals surface area contributed by atoms with Crippen LogP contribution >= 0.6 is 11.8 Å². The molecule has 1 aliphatic heterocycles. The summed E-state index contributed by atoms with van der Waals surface area (Å²) in [5, 5.41) is -0.0297. The molecule has 1 aromatic rings. The molecule has 0 unspecified atom stereocenters. The Labute approximate surface area is 106 Å². The Morgan fingerprint density at radius 2 is 2.06 bits per heavy atom. The van der Waals surface area contributed by atoms with Gasteiger partial charge in [-0.1, -0.05) is 26.0 Å². The average molecular weight is 245 g/mol. The van der Waals surface area contributed by atoms with Gasteiger partial charge in [0, 0.05) is 17.0 Å². The highest BCUT2D eigenvalue weighted by Gasteiger charge is 2.40. The Morgan fingerprint density at radius 1 is 1.29 bits per heavy atom. The number of fused-ring (bicyclic) bond motifs is 2. The summed E-state index contributed by atoms with van der Waals surface area (Å²) in [4.78, 5) is 18.0. The fourth-order valence-electron chi connectivity index (χ4n) is 2.56. The van der Waals surface area contributed by atoms with Gasteiger partial charge in [0.15, 0.2) is 5.78 Å². The Bertz CT molecular complexity index is 519. The quantitative estimate of drug-likeness (QED) is 0.698. The van der Waals surface area contributed by atoms with Crippen molar-refractivity contribution in [3.8, 4) is 0 Å². The van der Waals surface area contributed by atoms with Crippen LogP contribution < -0.4 is 0 Å². The third kappa shape index (κ3) is 1.93. The van der Waals surface area contributed by atoms with Gasteiger partial charge < -0.3 is 0 Å². The maximum Gasteiger partial charge on any atom is 0.152 e. The van der Waals surface area contributed by atoms with Crippen molar-refractivity contribution in [1.82, 2.24) is 0 Å². The van der Waals surface area contributed by atoms with Crippen LogP contribution in [0.1, 0.15) is 26.7 Å². The molecule has 17 heavy (non-hydrogen) atoms. The molecule has 1 fully saturated rings. The number of ketones is 1. The van der Waals surface area contributed by atoms with Gasteiger partial charge in [0.25, 0.3) is 0 Å². The SMILES string of the molecule is CC1(C)CC(=O)[C@H]2Sc3ccccc3N=C2C1. The number of Topliss-reactive ketones (excluding diaryl/α,β-unsaturated/α-hetero) is 1. The normalized spacial score (nSPS) is 25.9. The van der Waals surface area contributed by atoms with Crippen LogP contribution in [0.2, 0.25) is 0 Å². The number of aliphatic imine (C=N–C) groups is 1. The van der Waals surface area contributed by atoms with Crippen molar-refractivity contribution in [2.75, 3.05) is 0 Å². The van der Waals surface area contributed by atoms with E-state index in [9.17, 15) is 4.79 Å². The van der Waals surface area contributed by atoms with Gasteiger partial charge in [0.2, 0.25) is 0 Å². The van der Waals surface area contributed by atoms with E-state index in [0.29, 0.717) is 12.2 Å². The zero-order chi connectivity index (χ0) is 12.0. The predicted molar refractivity (Wildman–Crippen MR) is 71.2 cm³/mol. The van der Waals surface area contributed by atoms with Crippen molar-refractivity contribution in [3.05, 3.63) is 24.3 Å². The van der Waals surface area contributed by atoms with E-state index in [4.69, 9.17) is 0 Å². The summed E-state index contributed by atoms with van der Waals surface area (Å²) >= 11 is 1.67. The lowest BCUT2D eigenvalue weighted by Crippen LogP contribution is -2.40. The predicted octanol–water partition coefficient (Wildman–Crippen LogP) is 3.62. The number of carbonyl (C=O) groups excluding carboxylic acids is 1. The minimum absolute atomic E-state index is 0.0297. The van der Waals surface area contributed by atoms with Gasteiger partial charge in [-0.15, -0.1) is 11.8 Å². The van der Waals surface area contributed by atoms with Crippen LogP contribution in [0.3, 0.4) is 0 Å². The first-order chi connectivity index (χ1) is 8.05. The smallest absolute Gasteiger partial charge is 0.152 e. The van der Waals surface area contributed by atoms with E-state index >= 15 is 0 Å². The number of hydrogen-bond acceptors (Lipinski definition) is 3. The molecule has 0 bridgehead atoms. The van der Waals surface area contributed by atoms with Crippen LogP contribution in [-0.2, 0) is 4.79 Å². The van der Waals surface area contributed by atoms with Gasteiger partial charge in [-0.25, -0.2) is 0 Å². The van der Waals surface area contributed by atoms with E-state index in [2.05, 4.69) is 18.8 Å². The zero-order valence-corrected chi connectivity index (χ0v) is 10.9. The molecule has 1 aromatic carbocycles. The van der Waals surface area contributed by atoms with Crippen molar-refractivity contribution < 1.29 is 4.79 Å². The monoisotopic (exact) mass is 245 g/mol. The van der Waals surface area contributed by atoms with Crippen LogP contribution in [0, 0.1) is 5.41 Å². The third-order valence-electron chi connectivity index (χ3n) is 3.28. The molecular weight excluding hydrogens is 230 g/mol. The van der Waals surface area contributed by atoms with Gasteiger partial charge in [-0.2, -0.15) is 0 Å². The van der Waals surface area contributed by atoms with E-state index in [0.717, 1.165) is 22.7 Å². The van der Waals surface area contributed by atoms with Crippen molar-refractivity contribution in [1.29, 1.82) is 0 Å². The van der Waals surface area contributed by atoms with E-state index in [1.807, 2.05) is 24.3 Å². The second-order valence-electron chi connectivity index (χ2n) is 5.55. The molecule has 0 saturated heterocycles. The molecule has 0 aromatic heterocycles. The third-order valence-corrected chi connectivity index (χ3v) is 4.65. The highest BCUT2D eigenvalue weighted by Crippen LogP contribution is 2.44. The van der Waals surface area contributed by atoms with E-state index in [-0.39, 0.29) is 10.7 Å². The Balaban J connectivity index is 2.05. The Hall–Kier alpha value is -1.09. The van der Waals surface area contributed by atoms with Gasteiger partial charge in [-0.05, 0) is 24.0 Å².